The quantitative estimate of drug-likeness (QED) is 0.865. The maximum absolute atomic E-state index is 12.7. The van der Waals surface area contributed by atoms with E-state index in [4.69, 9.17) is 0 Å². The van der Waals surface area contributed by atoms with E-state index in [1.165, 1.54) is 16.8 Å². The molecular formula is C18H24N4O3S. The smallest absolute Gasteiger partial charge is 0.262 e. The predicted molar refractivity (Wildman–Crippen MR) is 99.1 cm³/mol. The number of benzene rings is 1. The Morgan fingerprint density at radius 1 is 1.35 bits per heavy atom. The van der Waals surface area contributed by atoms with Crippen molar-refractivity contribution < 1.29 is 13.2 Å². The highest BCUT2D eigenvalue weighted by Crippen LogP contribution is 2.25. The lowest BCUT2D eigenvalue weighted by Crippen LogP contribution is -2.43. The van der Waals surface area contributed by atoms with Crippen molar-refractivity contribution in [2.75, 3.05) is 18.4 Å². The molecule has 1 N–H and O–H groups in total. The second-order valence-electron chi connectivity index (χ2n) is 6.58. The molecule has 2 heterocycles. The van der Waals surface area contributed by atoms with Gasteiger partial charge in [0.05, 0.1) is 12.2 Å². The van der Waals surface area contributed by atoms with Crippen LogP contribution < -0.4 is 5.32 Å². The average molecular weight is 376 g/mol. The number of carbonyl (C=O) groups is 1. The lowest BCUT2D eigenvalue weighted by molar-refractivity contribution is -0.120. The lowest BCUT2D eigenvalue weighted by Gasteiger charge is -2.30. The summed E-state index contributed by atoms with van der Waals surface area (Å²) in [5, 5.41) is 2.99. The van der Waals surface area contributed by atoms with E-state index in [0.717, 1.165) is 17.7 Å². The van der Waals surface area contributed by atoms with E-state index in [0.29, 0.717) is 19.4 Å². The van der Waals surface area contributed by atoms with Gasteiger partial charge in [0.1, 0.15) is 0 Å². The van der Waals surface area contributed by atoms with E-state index in [1.807, 2.05) is 31.2 Å². The number of nitrogens with one attached hydrogen (secondary N) is 1. The minimum Gasteiger partial charge on any atom is -0.339 e. The third kappa shape index (κ3) is 3.81. The number of amides is 1. The molecule has 1 saturated heterocycles. The Labute approximate surface area is 154 Å². The summed E-state index contributed by atoms with van der Waals surface area (Å²) in [7, 11) is -1.95. The minimum absolute atomic E-state index is 0.0254. The molecule has 1 aliphatic heterocycles. The van der Waals surface area contributed by atoms with Gasteiger partial charge < -0.3 is 9.88 Å². The molecule has 0 bridgehead atoms. The predicted octanol–water partition coefficient (Wildman–Crippen LogP) is 2.02. The number of aryl methyl sites for hydroxylation is 2. The molecule has 1 fully saturated rings. The van der Waals surface area contributed by atoms with Crippen molar-refractivity contribution in [1.82, 2.24) is 13.9 Å². The number of sulfonamides is 1. The van der Waals surface area contributed by atoms with Gasteiger partial charge in [-0.1, -0.05) is 25.1 Å². The van der Waals surface area contributed by atoms with Crippen molar-refractivity contribution in [2.24, 2.45) is 13.0 Å². The normalized spacial score (nSPS) is 18.6. The summed E-state index contributed by atoms with van der Waals surface area (Å²) in [5.41, 5.74) is 1.86. The highest BCUT2D eigenvalue weighted by molar-refractivity contribution is 7.89. The molecule has 140 valence electrons. The van der Waals surface area contributed by atoms with Crippen LogP contribution in [0.25, 0.3) is 0 Å². The molecule has 1 aromatic heterocycles. The largest absolute Gasteiger partial charge is 0.339 e. The monoisotopic (exact) mass is 376 g/mol. The van der Waals surface area contributed by atoms with Crippen molar-refractivity contribution in [3.63, 3.8) is 0 Å². The molecule has 0 aliphatic carbocycles. The molecule has 0 radical (unpaired) electrons. The fraction of sp³-hybridized carbons (Fsp3) is 0.444. The molecule has 1 unspecified atom stereocenters. The number of hydrogen-bond donors (Lipinski definition) is 1. The highest BCUT2D eigenvalue weighted by Gasteiger charge is 2.34. The van der Waals surface area contributed by atoms with Gasteiger partial charge in [-0.3, -0.25) is 4.79 Å². The maximum Gasteiger partial charge on any atom is 0.262 e. The van der Waals surface area contributed by atoms with Crippen LogP contribution in [0.15, 0.2) is 41.8 Å². The van der Waals surface area contributed by atoms with Crippen LogP contribution in [0.1, 0.15) is 25.3 Å². The standard InChI is InChI=1S/C18H24N4O3S/c1-3-14-7-4-5-9-16(14)20-18(23)15-8-6-10-22(11-15)26(24,25)17-12-21(2)13-19-17/h4-5,7,9,12-13,15H,3,6,8,10-11H2,1-2H3,(H,20,23). The summed E-state index contributed by atoms with van der Waals surface area (Å²) in [6, 6.07) is 7.68. The third-order valence-corrected chi connectivity index (χ3v) is 6.45. The van der Waals surface area contributed by atoms with Crippen LogP contribution in [-0.4, -0.2) is 41.3 Å². The number of imidazole rings is 1. The molecular weight excluding hydrogens is 352 g/mol. The van der Waals surface area contributed by atoms with Gasteiger partial charge in [0.25, 0.3) is 10.0 Å². The first kappa shape index (κ1) is 18.6. The SMILES string of the molecule is CCc1ccccc1NC(=O)C1CCCN(S(=O)(=O)c2cn(C)cn2)C1. The Balaban J connectivity index is 1.73. The average Bonchev–Trinajstić information content (AvgIpc) is 3.09. The highest BCUT2D eigenvalue weighted by atomic mass is 32.2. The van der Waals surface area contributed by atoms with Gasteiger partial charge >= 0.3 is 0 Å². The molecule has 7 nitrogen and oxygen atoms in total. The summed E-state index contributed by atoms with van der Waals surface area (Å²) >= 11 is 0. The summed E-state index contributed by atoms with van der Waals surface area (Å²) in [5.74, 6) is -0.501. The molecule has 1 atom stereocenters. The van der Waals surface area contributed by atoms with E-state index in [9.17, 15) is 13.2 Å². The molecule has 8 heteroatoms. The molecule has 1 aromatic carbocycles. The Hall–Kier alpha value is -2.19. The number of nitrogens with zero attached hydrogens (tertiary/aromatic N) is 3. The first-order valence-corrected chi connectivity index (χ1v) is 10.2. The van der Waals surface area contributed by atoms with E-state index in [-0.39, 0.29) is 23.4 Å². The lowest BCUT2D eigenvalue weighted by atomic mass is 9.98. The number of anilines is 1. The van der Waals surface area contributed by atoms with Crippen LogP contribution >= 0.6 is 0 Å². The van der Waals surface area contributed by atoms with E-state index >= 15 is 0 Å². The van der Waals surface area contributed by atoms with Gasteiger partial charge in [-0.25, -0.2) is 13.4 Å². The van der Waals surface area contributed by atoms with Gasteiger partial charge in [0.15, 0.2) is 5.03 Å². The number of carbonyl (C=O) groups excluding carboxylic acids is 1. The van der Waals surface area contributed by atoms with Crippen LogP contribution in [0, 0.1) is 5.92 Å². The van der Waals surface area contributed by atoms with Gasteiger partial charge in [-0.15, -0.1) is 0 Å². The minimum atomic E-state index is -3.67. The van der Waals surface area contributed by atoms with Crippen molar-refractivity contribution in [1.29, 1.82) is 0 Å². The number of para-hydroxylation sites is 1. The van der Waals surface area contributed by atoms with Gasteiger partial charge in [-0.2, -0.15) is 4.31 Å². The zero-order valence-electron chi connectivity index (χ0n) is 15.1. The molecule has 0 spiro atoms. The molecule has 3 rings (SSSR count). The van der Waals surface area contributed by atoms with E-state index in [2.05, 4.69) is 10.3 Å². The molecule has 1 aliphatic rings. The Morgan fingerprint density at radius 3 is 2.81 bits per heavy atom. The van der Waals surface area contributed by atoms with Crippen LogP contribution in [0.2, 0.25) is 0 Å². The number of piperidine rings is 1. The first-order chi connectivity index (χ1) is 12.4. The van der Waals surface area contributed by atoms with Crippen LogP contribution in [0.5, 0.6) is 0 Å². The van der Waals surface area contributed by atoms with Gasteiger partial charge in [-0.05, 0) is 30.9 Å². The van der Waals surface area contributed by atoms with E-state index in [1.54, 1.807) is 11.6 Å². The van der Waals surface area contributed by atoms with E-state index < -0.39 is 10.0 Å². The van der Waals surface area contributed by atoms with Gasteiger partial charge in [0.2, 0.25) is 5.91 Å². The molecule has 26 heavy (non-hydrogen) atoms. The summed E-state index contributed by atoms with van der Waals surface area (Å²) < 4.78 is 28.5. The second kappa shape index (κ2) is 7.59. The molecule has 0 saturated carbocycles. The third-order valence-electron chi connectivity index (χ3n) is 4.70. The maximum atomic E-state index is 12.7. The van der Waals surface area contributed by atoms with Gasteiger partial charge in [0, 0.05) is 32.0 Å². The molecule has 2 aromatic rings. The van der Waals surface area contributed by atoms with Crippen LogP contribution in [-0.2, 0) is 28.3 Å². The molecule has 1 amide bonds. The zero-order valence-corrected chi connectivity index (χ0v) is 15.9. The second-order valence-corrected chi connectivity index (χ2v) is 8.46. The van der Waals surface area contributed by atoms with Crippen LogP contribution in [0.4, 0.5) is 5.69 Å². The topological polar surface area (TPSA) is 84.3 Å². The summed E-state index contributed by atoms with van der Waals surface area (Å²) in [6.45, 7) is 2.63. The fourth-order valence-corrected chi connectivity index (χ4v) is 4.70. The van der Waals surface area contributed by atoms with Crippen molar-refractivity contribution in [3.8, 4) is 0 Å². The van der Waals surface area contributed by atoms with Crippen LogP contribution in [0.3, 0.4) is 0 Å². The summed E-state index contributed by atoms with van der Waals surface area (Å²) in [6.07, 6.45) is 5.09. The number of hydrogen-bond acceptors (Lipinski definition) is 4. The van der Waals surface area contributed by atoms with Crippen molar-refractivity contribution >= 4 is 21.6 Å². The van der Waals surface area contributed by atoms with Crippen molar-refractivity contribution in [3.05, 3.63) is 42.4 Å². The Kier molecular flexibility index (Phi) is 5.43. The first-order valence-electron chi connectivity index (χ1n) is 8.78. The Bertz CT molecular complexity index is 891. The number of aromatic nitrogens is 2. The fourth-order valence-electron chi connectivity index (χ4n) is 3.21. The summed E-state index contributed by atoms with van der Waals surface area (Å²) in [4.78, 5) is 16.7. The number of rotatable bonds is 5. The van der Waals surface area contributed by atoms with Crippen molar-refractivity contribution in [2.45, 2.75) is 31.2 Å². The zero-order chi connectivity index (χ0) is 18.7. The Morgan fingerprint density at radius 2 is 2.12 bits per heavy atom.